The van der Waals surface area contributed by atoms with E-state index in [9.17, 15) is 77.8 Å². The van der Waals surface area contributed by atoms with Crippen LogP contribution in [0.5, 0.6) is 0 Å². The van der Waals surface area contributed by atoms with Crippen molar-refractivity contribution in [3.05, 3.63) is 245 Å². The molecule has 115 heavy (non-hydrogen) atoms. The lowest BCUT2D eigenvalue weighted by Gasteiger charge is -2.37. The number of hydrogen-bond donors (Lipinski definition) is 7. The lowest BCUT2D eigenvalue weighted by atomic mass is 9.76. The number of halogens is 3. The van der Waals surface area contributed by atoms with Crippen LogP contribution in [-0.4, -0.2) is 153 Å². The van der Waals surface area contributed by atoms with Crippen LogP contribution in [0.1, 0.15) is 202 Å². The molecule has 7 N–H and O–H groups in total. The zero-order valence-corrected chi connectivity index (χ0v) is 64.2. The van der Waals surface area contributed by atoms with Gasteiger partial charge >= 0.3 is 0 Å². The third-order valence-corrected chi connectivity index (χ3v) is 23.5. The largest absolute Gasteiger partial charge is 0.391 e. The number of pyridine rings is 9. The average molecular weight is 1570 g/mol. The minimum Gasteiger partial charge on any atom is -0.391 e. The molecule has 0 spiro atoms. The van der Waals surface area contributed by atoms with Gasteiger partial charge in [-0.05, 0) is 209 Å². The highest BCUT2D eigenvalue weighted by atomic mass is 19.1. The van der Waals surface area contributed by atoms with Crippen molar-refractivity contribution >= 4 is 40.6 Å². The van der Waals surface area contributed by atoms with Crippen molar-refractivity contribution in [3.8, 4) is 18.2 Å². The van der Waals surface area contributed by atoms with E-state index in [-0.39, 0.29) is 40.4 Å². The van der Waals surface area contributed by atoms with Gasteiger partial charge in [0.2, 0.25) is 0 Å². The van der Waals surface area contributed by atoms with Gasteiger partial charge in [-0.3, -0.25) is 71.5 Å². The van der Waals surface area contributed by atoms with E-state index in [4.69, 9.17) is 0 Å². The molecule has 0 bridgehead atoms. The molecule has 15 rings (SSSR count). The fourth-order valence-corrected chi connectivity index (χ4v) is 16.6. The summed E-state index contributed by atoms with van der Waals surface area (Å²) in [6.45, 7) is 3.38. The van der Waals surface area contributed by atoms with E-state index in [0.29, 0.717) is 149 Å². The molecular formula is C87H96F3N15O10. The molecule has 28 heteroatoms. The molecule has 6 atom stereocenters. The van der Waals surface area contributed by atoms with Gasteiger partial charge in [-0.2, -0.15) is 15.8 Å². The van der Waals surface area contributed by atoms with E-state index in [2.05, 4.69) is 64.2 Å². The minimum atomic E-state index is -0.775. The van der Waals surface area contributed by atoms with E-state index >= 15 is 0 Å². The van der Waals surface area contributed by atoms with Gasteiger partial charge in [0.05, 0.1) is 88.3 Å². The van der Waals surface area contributed by atoms with Gasteiger partial charge in [0, 0.05) is 82.0 Å². The van der Waals surface area contributed by atoms with E-state index in [1.807, 2.05) is 24.3 Å². The molecule has 9 aromatic heterocycles. The number of likely N-dealkylation sites (tertiary alicyclic amines) is 2. The zero-order valence-electron chi connectivity index (χ0n) is 64.2. The summed E-state index contributed by atoms with van der Waals surface area (Å²) in [7, 11) is 0. The predicted octanol–water partition coefficient (Wildman–Crippen LogP) is 9.35. The number of carbonyl (C=O) groups excluding carboxylic acids is 4. The molecule has 9 aromatic rings. The topological polar surface area (TPSA) is 358 Å². The Bertz CT molecular complexity index is 5090. The number of aldehydes is 1. The Balaban J connectivity index is 0.000000149. The Morgan fingerprint density at radius 1 is 0.461 bits per heavy atom. The number of fused-ring (bicyclic) bond motifs is 3. The molecule has 25 nitrogen and oxygen atoms in total. The molecule has 0 radical (unpaired) electrons. The van der Waals surface area contributed by atoms with Crippen molar-refractivity contribution in [1.29, 1.82) is 15.8 Å². The van der Waals surface area contributed by atoms with Crippen LogP contribution in [0.15, 0.2) is 161 Å². The molecule has 600 valence electrons. The van der Waals surface area contributed by atoms with Crippen molar-refractivity contribution < 1.29 is 47.7 Å². The van der Waals surface area contributed by atoms with Gasteiger partial charge in [-0.15, -0.1) is 0 Å². The number of aliphatic hydroxyl groups excluding tert-OH is 3. The van der Waals surface area contributed by atoms with Gasteiger partial charge < -0.3 is 36.6 Å². The summed E-state index contributed by atoms with van der Waals surface area (Å²) in [5, 5.41) is 71.7. The first-order chi connectivity index (χ1) is 55.8. The quantitative estimate of drug-likeness (QED) is 0.0417. The summed E-state index contributed by atoms with van der Waals surface area (Å²) in [6.07, 6.45) is 21.6. The Morgan fingerprint density at radius 2 is 0.783 bits per heavy atom. The van der Waals surface area contributed by atoms with E-state index in [0.717, 1.165) is 86.6 Å². The van der Waals surface area contributed by atoms with Gasteiger partial charge in [-0.1, -0.05) is 56.7 Å². The van der Waals surface area contributed by atoms with Crippen LogP contribution >= 0.6 is 0 Å². The molecule has 3 saturated heterocycles. The number of nitriles is 3. The zero-order chi connectivity index (χ0) is 81.2. The molecule has 0 unspecified atom stereocenters. The second-order valence-corrected chi connectivity index (χ2v) is 30.8. The maximum atomic E-state index is 13.2. The fourth-order valence-electron chi connectivity index (χ4n) is 16.6. The Morgan fingerprint density at radius 3 is 1.11 bits per heavy atom. The maximum Gasteiger partial charge on any atom is 0.267 e. The lowest BCUT2D eigenvalue weighted by Crippen LogP contribution is -2.46. The Labute approximate surface area is 663 Å². The summed E-state index contributed by atoms with van der Waals surface area (Å²) in [6, 6.07) is 36.8. The summed E-state index contributed by atoms with van der Waals surface area (Å²) < 4.78 is 43.3. The summed E-state index contributed by atoms with van der Waals surface area (Å²) >= 11 is 0. The molecule has 6 fully saturated rings. The Kier molecular flexibility index (Phi) is 27.7. The highest BCUT2D eigenvalue weighted by Gasteiger charge is 2.41. The van der Waals surface area contributed by atoms with Crippen LogP contribution in [-0.2, 0) is 49.4 Å². The number of amides is 3. The first kappa shape index (κ1) is 83.3. The minimum absolute atomic E-state index is 0.0529. The smallest absolute Gasteiger partial charge is 0.267 e. The second kappa shape index (κ2) is 38.3. The van der Waals surface area contributed by atoms with Gasteiger partial charge in [0.15, 0.2) is 6.29 Å². The van der Waals surface area contributed by atoms with Gasteiger partial charge in [-0.25, -0.2) is 13.2 Å². The Hall–Kier alpha value is -11.2. The lowest BCUT2D eigenvalue weighted by molar-refractivity contribution is 0.0714. The number of aromatic nitrogens is 6. The van der Waals surface area contributed by atoms with E-state index in [1.54, 1.807) is 110 Å². The van der Waals surface area contributed by atoms with E-state index in [1.165, 1.54) is 25.5 Å². The second-order valence-electron chi connectivity index (χ2n) is 30.8. The molecular weight excluding hydrogens is 1470 g/mol. The highest BCUT2D eigenvalue weighted by molar-refractivity contribution is 5.98. The number of hydrogen-bond acceptors (Lipinski definition) is 19. The molecule has 3 aliphatic carbocycles. The summed E-state index contributed by atoms with van der Waals surface area (Å²) in [5.74, 6) is -1.50. The summed E-state index contributed by atoms with van der Waals surface area (Å²) in [5.41, 5.74) is 4.07. The van der Waals surface area contributed by atoms with Crippen molar-refractivity contribution in [1.82, 2.24) is 59.2 Å². The molecule has 6 aliphatic rings. The number of alkyl halides is 3. The fraction of sp³-hybridized carbons (Fsp3) is 0.437. The molecule has 3 aliphatic heterocycles. The highest BCUT2D eigenvalue weighted by Crippen LogP contribution is 2.38. The first-order valence-electron chi connectivity index (χ1n) is 39.6. The molecule has 3 saturated carbocycles. The van der Waals surface area contributed by atoms with Crippen LogP contribution in [0, 0.1) is 34.0 Å². The average Bonchev–Trinajstić information content (AvgIpc) is 0.778. The number of carbonyl (C=O) groups is 4. The van der Waals surface area contributed by atoms with Crippen LogP contribution in [0.25, 0.3) is 16.6 Å². The normalized spacial score (nSPS) is 21.1. The molecule has 12 heterocycles. The van der Waals surface area contributed by atoms with Crippen molar-refractivity contribution in [3.63, 3.8) is 0 Å². The SMILES string of the molecule is N#CC1(c2cc(CF)ccn2)CCN(Cc2cc(C(=O)N[C@H]3CCCC[C@@H]3O)c(=O)n3ccccc23)CC1.N#CC1(c2cc(CF)ccn2)CCN(Cc2cc(C(=O)N[C@H]3CCCC[C@@H]3O)c(=O)n3ccccc23)CC1.N#CC1(c2cc(CF)ccn2)CCNCC1.O=Cc1cc(C(=O)N[C@H]2CCCC[C@@H]2O)c(=O)n2ccccc12. The third-order valence-electron chi connectivity index (χ3n) is 23.5. The van der Waals surface area contributed by atoms with E-state index < -0.39 is 89.0 Å². The van der Waals surface area contributed by atoms with Gasteiger partial charge in [0.1, 0.15) is 53.0 Å². The third kappa shape index (κ3) is 19.1. The number of piperidine rings is 3. The number of rotatable bonds is 17. The first-order valence-corrected chi connectivity index (χ1v) is 39.6. The number of aliphatic hydroxyl groups is 3. The maximum absolute atomic E-state index is 13.2. The van der Waals surface area contributed by atoms with Crippen molar-refractivity contribution in [2.45, 2.75) is 201 Å². The van der Waals surface area contributed by atoms with Crippen LogP contribution in [0.4, 0.5) is 13.2 Å². The monoisotopic (exact) mass is 1570 g/mol. The molecule has 0 aromatic carbocycles. The van der Waals surface area contributed by atoms with Gasteiger partial charge in [0.25, 0.3) is 34.4 Å². The van der Waals surface area contributed by atoms with Crippen molar-refractivity contribution in [2.24, 2.45) is 0 Å². The van der Waals surface area contributed by atoms with Crippen LogP contribution < -0.4 is 37.9 Å². The van der Waals surface area contributed by atoms with Crippen LogP contribution in [0.3, 0.4) is 0 Å². The van der Waals surface area contributed by atoms with Crippen molar-refractivity contribution in [2.75, 3.05) is 39.3 Å². The number of nitrogens with zero attached hydrogens (tertiary/aromatic N) is 11. The predicted molar refractivity (Wildman–Crippen MR) is 424 cm³/mol. The van der Waals surface area contributed by atoms with Crippen LogP contribution in [0.2, 0.25) is 0 Å². The molecule has 3 amide bonds. The summed E-state index contributed by atoms with van der Waals surface area (Å²) in [4.78, 5) is 106. The standard InChI is InChI=1S/2C29H32FN5O3.C17H18N2O4.C12H14FN3/c2*30-17-20-8-11-32-26(15-20)29(19-31)9-13-34(14-10-29)18-21-16-22(28(38)35-12-4-3-6-24(21)35)27(37)33-23-5-1-2-7-25(23)36;20-10-11-9-12(17(23)19-8-4-3-6-14(11)19)16(22)18-13-5-1-2-7-15(13)21;13-8-10-1-4-16-11(7-10)12(9-14)2-5-15-6-3-12/h2*3-4,6,8,11-12,15-16,23,25,36H,1-2,5,7,9-10,13-14,17-18H2,(H,33,37);3-4,6,8-10,13,15,21H,1-2,5,7H2,(H,18,22);1,4,7,15H,2-3,5-6,8H2/t2*23-,25-;13-,15-;/m000./s1. The number of nitrogens with one attached hydrogen (secondary N) is 4.